The van der Waals surface area contributed by atoms with E-state index in [-0.39, 0.29) is 5.92 Å². The Morgan fingerprint density at radius 2 is 1.94 bits per heavy atom. The lowest BCUT2D eigenvalue weighted by Gasteiger charge is -2.22. The molecule has 0 aromatic rings. The van der Waals surface area contributed by atoms with Crippen LogP contribution in [0.1, 0.15) is 52.4 Å². The molecule has 18 heavy (non-hydrogen) atoms. The Kier molecular flexibility index (Phi) is 7.52. The lowest BCUT2D eigenvalue weighted by Crippen LogP contribution is -2.28. The molecular formula is C15H29NO2. The Hall–Kier alpha value is -0.410. The molecule has 0 radical (unpaired) electrons. The highest BCUT2D eigenvalue weighted by Crippen LogP contribution is 2.22. The quantitative estimate of drug-likeness (QED) is 0.679. The summed E-state index contributed by atoms with van der Waals surface area (Å²) in [7, 11) is 0. The van der Waals surface area contributed by atoms with E-state index in [0.717, 1.165) is 25.6 Å². The zero-order valence-electron chi connectivity index (χ0n) is 12.0. The third kappa shape index (κ3) is 5.49. The molecule has 3 heteroatoms. The van der Waals surface area contributed by atoms with E-state index in [4.69, 9.17) is 10.5 Å². The van der Waals surface area contributed by atoms with Gasteiger partial charge in [0.15, 0.2) is 0 Å². The average Bonchev–Trinajstić information content (AvgIpc) is 2.36. The molecule has 1 unspecified atom stereocenters. The first-order chi connectivity index (χ1) is 8.65. The van der Waals surface area contributed by atoms with Gasteiger partial charge >= 0.3 is 0 Å². The molecule has 106 valence electrons. The number of ether oxygens (including phenoxy) is 1. The average molecular weight is 255 g/mol. The van der Waals surface area contributed by atoms with Crippen LogP contribution in [0.4, 0.5) is 0 Å². The van der Waals surface area contributed by atoms with Crippen molar-refractivity contribution in [1.82, 2.24) is 0 Å². The highest BCUT2D eigenvalue weighted by Gasteiger charge is 2.20. The van der Waals surface area contributed by atoms with Crippen LogP contribution in [0, 0.1) is 17.8 Å². The summed E-state index contributed by atoms with van der Waals surface area (Å²) in [6.07, 6.45) is 6.57. The highest BCUT2D eigenvalue weighted by molar-refractivity contribution is 5.81. The third-order valence-corrected chi connectivity index (χ3v) is 4.10. The van der Waals surface area contributed by atoms with Crippen LogP contribution in [0.5, 0.6) is 0 Å². The summed E-state index contributed by atoms with van der Waals surface area (Å²) in [5.74, 6) is 1.62. The number of ketones is 1. The van der Waals surface area contributed by atoms with Crippen molar-refractivity contribution in [2.45, 2.75) is 52.4 Å². The van der Waals surface area contributed by atoms with E-state index in [1.54, 1.807) is 0 Å². The standard InChI is InChI=1S/C15H29NO2/c1-12(2)14(11-16)15(17)6-4-3-5-13-7-9-18-10-8-13/h12-14H,3-11,16H2,1-2H3. The minimum atomic E-state index is 0.0630. The maximum absolute atomic E-state index is 12.0. The Bertz CT molecular complexity index is 235. The molecule has 1 aliphatic heterocycles. The van der Waals surface area contributed by atoms with Crippen molar-refractivity contribution in [3.8, 4) is 0 Å². The van der Waals surface area contributed by atoms with Gasteiger partial charge in [0, 0.05) is 32.1 Å². The molecule has 1 heterocycles. The predicted molar refractivity (Wildman–Crippen MR) is 74.4 cm³/mol. The first kappa shape index (κ1) is 15.6. The lowest BCUT2D eigenvalue weighted by molar-refractivity contribution is -0.123. The van der Waals surface area contributed by atoms with Crippen molar-refractivity contribution in [2.75, 3.05) is 19.8 Å². The molecule has 0 aromatic carbocycles. The SMILES string of the molecule is CC(C)C(CN)C(=O)CCCCC1CCOCC1. The van der Waals surface area contributed by atoms with Crippen molar-refractivity contribution in [3.05, 3.63) is 0 Å². The van der Waals surface area contributed by atoms with E-state index in [1.165, 1.54) is 25.7 Å². The second kappa shape index (κ2) is 8.65. The summed E-state index contributed by atoms with van der Waals surface area (Å²) in [4.78, 5) is 12.0. The number of hydrogen-bond donors (Lipinski definition) is 1. The van der Waals surface area contributed by atoms with Crippen LogP contribution in [0.25, 0.3) is 0 Å². The van der Waals surface area contributed by atoms with E-state index in [9.17, 15) is 4.79 Å². The number of Topliss-reactive ketones (excluding diaryl/α,β-unsaturated/α-hetero) is 1. The van der Waals surface area contributed by atoms with Crippen LogP contribution in [0.15, 0.2) is 0 Å². The first-order valence-electron chi connectivity index (χ1n) is 7.45. The predicted octanol–water partition coefficient (Wildman–Crippen LogP) is 2.77. The minimum Gasteiger partial charge on any atom is -0.381 e. The lowest BCUT2D eigenvalue weighted by atomic mass is 9.88. The van der Waals surface area contributed by atoms with Crippen LogP contribution in [0.2, 0.25) is 0 Å². The summed E-state index contributed by atoms with van der Waals surface area (Å²) < 4.78 is 5.35. The minimum absolute atomic E-state index is 0.0630. The Morgan fingerprint density at radius 1 is 1.28 bits per heavy atom. The van der Waals surface area contributed by atoms with Crippen LogP contribution in [0.3, 0.4) is 0 Å². The molecule has 0 spiro atoms. The first-order valence-corrected chi connectivity index (χ1v) is 7.45. The molecular weight excluding hydrogens is 226 g/mol. The summed E-state index contributed by atoms with van der Waals surface area (Å²) in [5.41, 5.74) is 5.66. The molecule has 0 amide bonds. The summed E-state index contributed by atoms with van der Waals surface area (Å²) in [6, 6.07) is 0. The Morgan fingerprint density at radius 3 is 2.50 bits per heavy atom. The van der Waals surface area contributed by atoms with Crippen LogP contribution in [-0.4, -0.2) is 25.5 Å². The second-order valence-corrected chi connectivity index (χ2v) is 5.85. The zero-order valence-corrected chi connectivity index (χ0v) is 12.0. The van der Waals surface area contributed by atoms with Gasteiger partial charge in [-0.15, -0.1) is 0 Å². The molecule has 1 atom stereocenters. The number of unbranched alkanes of at least 4 members (excludes halogenated alkanes) is 1. The van der Waals surface area contributed by atoms with Crippen LogP contribution >= 0.6 is 0 Å². The van der Waals surface area contributed by atoms with Crippen molar-refractivity contribution in [2.24, 2.45) is 23.5 Å². The number of rotatable bonds is 8. The van der Waals surface area contributed by atoms with Crippen molar-refractivity contribution in [1.29, 1.82) is 0 Å². The van der Waals surface area contributed by atoms with Gasteiger partial charge < -0.3 is 10.5 Å². The number of hydrogen-bond acceptors (Lipinski definition) is 3. The molecule has 0 saturated carbocycles. The smallest absolute Gasteiger partial charge is 0.137 e. The van der Waals surface area contributed by atoms with Gasteiger partial charge in [0.05, 0.1) is 0 Å². The fourth-order valence-electron chi connectivity index (χ4n) is 2.73. The van der Waals surface area contributed by atoms with Crippen LogP contribution in [-0.2, 0) is 9.53 Å². The van der Waals surface area contributed by atoms with Gasteiger partial charge in [0.2, 0.25) is 0 Å². The molecule has 3 nitrogen and oxygen atoms in total. The van der Waals surface area contributed by atoms with E-state index in [0.29, 0.717) is 24.7 Å². The molecule has 0 aliphatic carbocycles. The van der Waals surface area contributed by atoms with E-state index >= 15 is 0 Å². The summed E-state index contributed by atoms with van der Waals surface area (Å²) in [6.45, 7) is 6.50. The van der Waals surface area contributed by atoms with E-state index < -0.39 is 0 Å². The topological polar surface area (TPSA) is 52.3 Å². The largest absolute Gasteiger partial charge is 0.381 e. The Balaban J connectivity index is 2.11. The van der Waals surface area contributed by atoms with E-state index in [2.05, 4.69) is 13.8 Å². The third-order valence-electron chi connectivity index (χ3n) is 4.10. The van der Waals surface area contributed by atoms with Gasteiger partial charge in [-0.1, -0.05) is 26.7 Å². The van der Waals surface area contributed by atoms with Gasteiger partial charge in [-0.25, -0.2) is 0 Å². The maximum atomic E-state index is 12.0. The van der Waals surface area contributed by atoms with E-state index in [1.807, 2.05) is 0 Å². The summed E-state index contributed by atoms with van der Waals surface area (Å²) in [5, 5.41) is 0. The van der Waals surface area contributed by atoms with Crippen molar-refractivity contribution >= 4 is 5.78 Å². The van der Waals surface area contributed by atoms with Gasteiger partial charge in [0.1, 0.15) is 5.78 Å². The second-order valence-electron chi connectivity index (χ2n) is 5.85. The molecule has 0 bridgehead atoms. The molecule has 2 N–H and O–H groups in total. The van der Waals surface area contributed by atoms with Gasteiger partial charge in [-0.3, -0.25) is 4.79 Å². The molecule has 1 rings (SSSR count). The van der Waals surface area contributed by atoms with Crippen molar-refractivity contribution < 1.29 is 9.53 Å². The molecule has 1 fully saturated rings. The number of nitrogens with two attached hydrogens (primary N) is 1. The molecule has 1 saturated heterocycles. The fourth-order valence-corrected chi connectivity index (χ4v) is 2.73. The molecule has 0 aromatic heterocycles. The normalized spacial score (nSPS) is 19.1. The summed E-state index contributed by atoms with van der Waals surface area (Å²) >= 11 is 0. The fraction of sp³-hybridized carbons (Fsp3) is 0.933. The van der Waals surface area contributed by atoms with Gasteiger partial charge in [-0.2, -0.15) is 0 Å². The Labute approximate surface area is 111 Å². The maximum Gasteiger partial charge on any atom is 0.137 e. The molecule has 1 aliphatic rings. The highest BCUT2D eigenvalue weighted by atomic mass is 16.5. The van der Waals surface area contributed by atoms with Crippen LogP contribution < -0.4 is 5.73 Å². The van der Waals surface area contributed by atoms with Gasteiger partial charge in [-0.05, 0) is 31.1 Å². The number of carbonyl (C=O) groups excluding carboxylic acids is 1. The zero-order chi connectivity index (χ0) is 13.4. The monoisotopic (exact) mass is 255 g/mol. The van der Waals surface area contributed by atoms with Gasteiger partial charge in [0.25, 0.3) is 0 Å². The number of carbonyl (C=O) groups is 1. The van der Waals surface area contributed by atoms with Crippen molar-refractivity contribution in [3.63, 3.8) is 0 Å².